The van der Waals surface area contributed by atoms with Crippen LogP contribution in [0, 0.1) is 5.82 Å². The lowest BCUT2D eigenvalue weighted by Gasteiger charge is -1.95. The molecular weight excluding hydrogens is 221 g/mol. The highest BCUT2D eigenvalue weighted by atomic mass is 35.5. The van der Waals surface area contributed by atoms with Gasteiger partial charge in [0.2, 0.25) is 5.22 Å². The molecule has 0 fully saturated rings. The van der Waals surface area contributed by atoms with Crippen LogP contribution in [0.1, 0.15) is 10.4 Å². The van der Waals surface area contributed by atoms with Gasteiger partial charge in [-0.3, -0.25) is 4.79 Å². The van der Waals surface area contributed by atoms with Crippen LogP contribution >= 0.6 is 11.6 Å². The SMILES string of the molecule is O=Cc1c(-c2ccc(F)cc2)noc1Cl. The maximum Gasteiger partial charge on any atom is 0.237 e. The molecular formula is C10H5ClFNO2. The Morgan fingerprint density at radius 3 is 2.60 bits per heavy atom. The van der Waals surface area contributed by atoms with Crippen molar-refractivity contribution in [2.75, 3.05) is 0 Å². The van der Waals surface area contributed by atoms with Gasteiger partial charge in [0, 0.05) is 5.56 Å². The monoisotopic (exact) mass is 225 g/mol. The lowest BCUT2D eigenvalue weighted by atomic mass is 10.1. The minimum atomic E-state index is -0.360. The number of aldehydes is 1. The molecule has 0 aliphatic rings. The Morgan fingerprint density at radius 1 is 1.33 bits per heavy atom. The first-order valence-electron chi connectivity index (χ1n) is 4.08. The van der Waals surface area contributed by atoms with E-state index in [9.17, 15) is 9.18 Å². The van der Waals surface area contributed by atoms with Gasteiger partial charge in [0.25, 0.3) is 0 Å². The van der Waals surface area contributed by atoms with Crippen LogP contribution in [0.25, 0.3) is 11.3 Å². The number of nitrogens with zero attached hydrogens (tertiary/aromatic N) is 1. The maximum atomic E-state index is 12.7. The zero-order valence-corrected chi connectivity index (χ0v) is 8.16. The summed E-state index contributed by atoms with van der Waals surface area (Å²) >= 11 is 5.59. The largest absolute Gasteiger partial charge is 0.343 e. The molecule has 0 saturated heterocycles. The molecule has 0 saturated carbocycles. The molecule has 1 heterocycles. The lowest BCUT2D eigenvalue weighted by Crippen LogP contribution is -1.85. The number of benzene rings is 1. The first-order chi connectivity index (χ1) is 7.22. The van der Waals surface area contributed by atoms with Gasteiger partial charge in [-0.1, -0.05) is 5.16 Å². The molecule has 15 heavy (non-hydrogen) atoms. The topological polar surface area (TPSA) is 43.1 Å². The lowest BCUT2D eigenvalue weighted by molar-refractivity contribution is 0.112. The number of carbonyl (C=O) groups excluding carboxylic acids is 1. The van der Waals surface area contributed by atoms with Crippen molar-refractivity contribution in [3.8, 4) is 11.3 Å². The Bertz CT molecular complexity index is 493. The molecule has 0 bridgehead atoms. The molecule has 0 N–H and O–H groups in total. The number of halogens is 2. The Kier molecular flexibility index (Phi) is 2.51. The smallest absolute Gasteiger partial charge is 0.237 e. The molecule has 76 valence electrons. The quantitative estimate of drug-likeness (QED) is 0.738. The molecule has 0 spiro atoms. The van der Waals surface area contributed by atoms with E-state index in [2.05, 4.69) is 9.68 Å². The van der Waals surface area contributed by atoms with Crippen molar-refractivity contribution in [3.05, 3.63) is 40.9 Å². The van der Waals surface area contributed by atoms with Crippen molar-refractivity contribution >= 4 is 17.9 Å². The van der Waals surface area contributed by atoms with Gasteiger partial charge in [-0.15, -0.1) is 0 Å². The predicted molar refractivity (Wildman–Crippen MR) is 52.3 cm³/mol. The second kappa shape index (κ2) is 3.82. The van der Waals surface area contributed by atoms with Gasteiger partial charge in [-0.2, -0.15) is 0 Å². The second-order valence-corrected chi connectivity index (χ2v) is 3.19. The number of rotatable bonds is 2. The predicted octanol–water partition coefficient (Wildman–Crippen LogP) is 2.95. The van der Waals surface area contributed by atoms with E-state index in [1.54, 1.807) is 0 Å². The summed E-state index contributed by atoms with van der Waals surface area (Å²) in [5, 5.41) is 3.56. The highest BCUT2D eigenvalue weighted by Gasteiger charge is 2.14. The highest BCUT2D eigenvalue weighted by molar-refractivity contribution is 6.31. The third-order valence-electron chi connectivity index (χ3n) is 1.92. The normalized spacial score (nSPS) is 10.3. The summed E-state index contributed by atoms with van der Waals surface area (Å²) in [5.74, 6) is -0.360. The van der Waals surface area contributed by atoms with Gasteiger partial charge >= 0.3 is 0 Å². The fourth-order valence-corrected chi connectivity index (χ4v) is 1.36. The van der Waals surface area contributed by atoms with Crippen LogP contribution in [-0.4, -0.2) is 11.4 Å². The molecule has 2 aromatic rings. The maximum absolute atomic E-state index is 12.7. The van der Waals surface area contributed by atoms with Crippen molar-refractivity contribution in [1.29, 1.82) is 0 Å². The van der Waals surface area contributed by atoms with Crippen molar-refractivity contribution in [2.24, 2.45) is 0 Å². The Balaban J connectivity index is 2.53. The second-order valence-electron chi connectivity index (χ2n) is 2.84. The molecule has 1 aromatic carbocycles. The third kappa shape index (κ3) is 1.76. The minimum absolute atomic E-state index is 0.0654. The molecule has 0 aliphatic heterocycles. The zero-order valence-electron chi connectivity index (χ0n) is 7.41. The van der Waals surface area contributed by atoms with Crippen LogP contribution in [0.4, 0.5) is 4.39 Å². The molecule has 0 atom stereocenters. The average molecular weight is 226 g/mol. The van der Waals surface area contributed by atoms with Gasteiger partial charge in [-0.25, -0.2) is 4.39 Å². The first-order valence-corrected chi connectivity index (χ1v) is 4.46. The zero-order chi connectivity index (χ0) is 10.8. The van der Waals surface area contributed by atoms with Crippen molar-refractivity contribution in [2.45, 2.75) is 0 Å². The molecule has 0 aliphatic carbocycles. The van der Waals surface area contributed by atoms with Crippen molar-refractivity contribution in [1.82, 2.24) is 5.16 Å². The van der Waals surface area contributed by atoms with E-state index >= 15 is 0 Å². The van der Waals surface area contributed by atoms with Crippen LogP contribution in [0.2, 0.25) is 5.22 Å². The summed E-state index contributed by atoms with van der Waals surface area (Å²) < 4.78 is 17.3. The molecule has 2 rings (SSSR count). The summed E-state index contributed by atoms with van der Waals surface area (Å²) in [6.45, 7) is 0. The van der Waals surface area contributed by atoms with E-state index in [0.717, 1.165) is 0 Å². The molecule has 3 nitrogen and oxygen atoms in total. The van der Waals surface area contributed by atoms with Crippen LogP contribution < -0.4 is 0 Å². The van der Waals surface area contributed by atoms with Gasteiger partial charge in [0.05, 0.1) is 0 Å². The molecule has 0 unspecified atom stereocenters. The average Bonchev–Trinajstić information content (AvgIpc) is 2.61. The summed E-state index contributed by atoms with van der Waals surface area (Å²) in [7, 11) is 0. The Hall–Kier alpha value is -1.68. The summed E-state index contributed by atoms with van der Waals surface area (Å²) in [6.07, 6.45) is 0.553. The van der Waals surface area contributed by atoms with E-state index in [4.69, 9.17) is 11.6 Å². The van der Waals surface area contributed by atoms with Gasteiger partial charge in [-0.05, 0) is 35.9 Å². The molecule has 0 radical (unpaired) electrons. The Morgan fingerprint density at radius 2 is 2.00 bits per heavy atom. The summed E-state index contributed by atoms with van der Waals surface area (Å²) in [4.78, 5) is 10.7. The van der Waals surface area contributed by atoms with Gasteiger partial charge in [0.1, 0.15) is 17.1 Å². The van der Waals surface area contributed by atoms with E-state index in [-0.39, 0.29) is 16.6 Å². The number of carbonyl (C=O) groups is 1. The van der Waals surface area contributed by atoms with E-state index in [1.165, 1.54) is 24.3 Å². The van der Waals surface area contributed by atoms with E-state index in [1.807, 2.05) is 0 Å². The Labute approximate surface area is 89.4 Å². The molecule has 0 amide bonds. The minimum Gasteiger partial charge on any atom is -0.343 e. The van der Waals surface area contributed by atoms with Crippen molar-refractivity contribution in [3.63, 3.8) is 0 Å². The van der Waals surface area contributed by atoms with Crippen molar-refractivity contribution < 1.29 is 13.7 Å². The summed E-state index contributed by atoms with van der Waals surface area (Å²) in [6, 6.07) is 5.53. The van der Waals surface area contributed by atoms with Crippen LogP contribution in [-0.2, 0) is 0 Å². The number of hydrogen-bond acceptors (Lipinski definition) is 3. The van der Waals surface area contributed by atoms with Gasteiger partial charge < -0.3 is 4.52 Å². The number of hydrogen-bond donors (Lipinski definition) is 0. The van der Waals surface area contributed by atoms with E-state index < -0.39 is 0 Å². The van der Waals surface area contributed by atoms with Crippen LogP contribution in [0.5, 0.6) is 0 Å². The highest BCUT2D eigenvalue weighted by Crippen LogP contribution is 2.26. The first kappa shape index (κ1) is 9.86. The number of aromatic nitrogens is 1. The summed E-state index contributed by atoms with van der Waals surface area (Å²) in [5.41, 5.74) is 1.06. The fourth-order valence-electron chi connectivity index (χ4n) is 1.20. The standard InChI is InChI=1S/C10H5ClFNO2/c11-10-8(5-14)9(13-15-10)6-1-3-7(12)4-2-6/h1-5H. The fraction of sp³-hybridized carbons (Fsp3) is 0. The van der Waals surface area contributed by atoms with Crippen LogP contribution in [0.15, 0.2) is 28.8 Å². The third-order valence-corrected chi connectivity index (χ3v) is 2.19. The molecule has 5 heteroatoms. The van der Waals surface area contributed by atoms with Crippen LogP contribution in [0.3, 0.4) is 0 Å². The van der Waals surface area contributed by atoms with Gasteiger partial charge in [0.15, 0.2) is 6.29 Å². The molecule has 1 aromatic heterocycles. The van der Waals surface area contributed by atoms with E-state index in [0.29, 0.717) is 17.5 Å².